The van der Waals surface area contributed by atoms with Gasteiger partial charge in [0.15, 0.2) is 11.7 Å². The summed E-state index contributed by atoms with van der Waals surface area (Å²) in [6, 6.07) is 26.2. The number of nitrogens with zero attached hydrogens (tertiary/aromatic N) is 1. The summed E-state index contributed by atoms with van der Waals surface area (Å²) in [5, 5.41) is 2.67. The van der Waals surface area contributed by atoms with E-state index in [1.165, 1.54) is 6.92 Å². The van der Waals surface area contributed by atoms with Crippen LogP contribution in [0.1, 0.15) is 19.2 Å². The fourth-order valence-electron chi connectivity index (χ4n) is 3.25. The third kappa shape index (κ3) is 5.29. The van der Waals surface area contributed by atoms with E-state index in [2.05, 4.69) is 10.3 Å². The maximum Gasteiger partial charge on any atom is 0.311 e. The van der Waals surface area contributed by atoms with Gasteiger partial charge in [0.05, 0.1) is 6.42 Å². The maximum absolute atomic E-state index is 12.3. The fourth-order valence-corrected chi connectivity index (χ4v) is 3.25. The SMILES string of the molecule is CC(=O)Nc1ccc(OC(=O)CCc2nc(-c3ccccc3)c(-c3ccccc3)o2)cc1. The van der Waals surface area contributed by atoms with Crippen molar-refractivity contribution in [1.29, 1.82) is 0 Å². The van der Waals surface area contributed by atoms with Crippen molar-refractivity contribution in [3.05, 3.63) is 90.8 Å². The normalized spacial score (nSPS) is 10.5. The second-order valence-electron chi connectivity index (χ2n) is 7.20. The average Bonchev–Trinajstić information content (AvgIpc) is 3.24. The lowest BCUT2D eigenvalue weighted by Crippen LogP contribution is -2.09. The van der Waals surface area contributed by atoms with Gasteiger partial charge >= 0.3 is 5.97 Å². The van der Waals surface area contributed by atoms with Crippen LogP contribution in [0.25, 0.3) is 22.6 Å². The predicted octanol–water partition coefficient (Wildman–Crippen LogP) is 5.51. The number of carbonyl (C=O) groups is 2. The van der Waals surface area contributed by atoms with Gasteiger partial charge in [0.2, 0.25) is 5.91 Å². The van der Waals surface area contributed by atoms with E-state index in [1.807, 2.05) is 60.7 Å². The van der Waals surface area contributed by atoms with Crippen molar-refractivity contribution in [2.75, 3.05) is 5.32 Å². The molecule has 0 unspecified atom stereocenters. The van der Waals surface area contributed by atoms with Gasteiger partial charge in [0.25, 0.3) is 0 Å². The Morgan fingerprint density at radius 1 is 0.875 bits per heavy atom. The molecule has 0 fully saturated rings. The molecular weight excluding hydrogens is 404 g/mol. The van der Waals surface area contributed by atoms with E-state index in [0.29, 0.717) is 29.5 Å². The lowest BCUT2D eigenvalue weighted by atomic mass is 10.1. The van der Waals surface area contributed by atoms with Crippen LogP contribution in [0.5, 0.6) is 5.75 Å². The molecule has 1 amide bonds. The van der Waals surface area contributed by atoms with Gasteiger partial charge in [0, 0.05) is 30.2 Å². The predicted molar refractivity (Wildman–Crippen MR) is 122 cm³/mol. The Labute approximate surface area is 185 Å². The Morgan fingerprint density at radius 3 is 2.12 bits per heavy atom. The van der Waals surface area contributed by atoms with Crippen LogP contribution < -0.4 is 10.1 Å². The number of anilines is 1. The molecule has 4 aromatic rings. The summed E-state index contributed by atoms with van der Waals surface area (Å²) < 4.78 is 11.4. The first-order valence-corrected chi connectivity index (χ1v) is 10.3. The molecule has 0 aliphatic carbocycles. The summed E-state index contributed by atoms with van der Waals surface area (Å²) in [5.41, 5.74) is 3.25. The minimum atomic E-state index is -0.391. The van der Waals surface area contributed by atoms with E-state index in [-0.39, 0.29) is 12.3 Å². The monoisotopic (exact) mass is 426 g/mol. The fraction of sp³-hybridized carbons (Fsp3) is 0.115. The summed E-state index contributed by atoms with van der Waals surface area (Å²) in [4.78, 5) is 28.1. The Morgan fingerprint density at radius 2 is 1.50 bits per heavy atom. The molecule has 0 spiro atoms. The van der Waals surface area contributed by atoms with Crippen molar-refractivity contribution in [2.24, 2.45) is 0 Å². The third-order valence-corrected chi connectivity index (χ3v) is 4.70. The number of hydrogen-bond donors (Lipinski definition) is 1. The zero-order chi connectivity index (χ0) is 22.3. The smallest absolute Gasteiger partial charge is 0.311 e. The lowest BCUT2D eigenvalue weighted by molar-refractivity contribution is -0.134. The number of aryl methyl sites for hydroxylation is 1. The Kier molecular flexibility index (Phi) is 6.41. The molecule has 0 bridgehead atoms. The summed E-state index contributed by atoms with van der Waals surface area (Å²) in [6.45, 7) is 1.43. The van der Waals surface area contributed by atoms with Crippen molar-refractivity contribution in [1.82, 2.24) is 4.98 Å². The van der Waals surface area contributed by atoms with Crippen LogP contribution in [0, 0.1) is 0 Å². The van der Waals surface area contributed by atoms with E-state index in [9.17, 15) is 9.59 Å². The van der Waals surface area contributed by atoms with Crippen molar-refractivity contribution >= 4 is 17.6 Å². The maximum atomic E-state index is 12.3. The number of esters is 1. The van der Waals surface area contributed by atoms with E-state index in [4.69, 9.17) is 9.15 Å². The molecule has 32 heavy (non-hydrogen) atoms. The van der Waals surface area contributed by atoms with Crippen LogP contribution in [0.4, 0.5) is 5.69 Å². The molecule has 3 aromatic carbocycles. The number of benzene rings is 3. The van der Waals surface area contributed by atoms with Gasteiger partial charge in [-0.2, -0.15) is 0 Å². The van der Waals surface area contributed by atoms with Crippen molar-refractivity contribution in [3.63, 3.8) is 0 Å². The number of oxazole rings is 1. The molecular formula is C26H22N2O4. The van der Waals surface area contributed by atoms with Gasteiger partial charge < -0.3 is 14.5 Å². The van der Waals surface area contributed by atoms with Crippen molar-refractivity contribution < 1.29 is 18.7 Å². The topological polar surface area (TPSA) is 81.4 Å². The number of amides is 1. The third-order valence-electron chi connectivity index (χ3n) is 4.70. The van der Waals surface area contributed by atoms with E-state index in [1.54, 1.807) is 24.3 Å². The lowest BCUT2D eigenvalue weighted by Gasteiger charge is -2.05. The second kappa shape index (κ2) is 9.75. The summed E-state index contributed by atoms with van der Waals surface area (Å²) in [6.07, 6.45) is 0.436. The molecule has 6 heteroatoms. The summed E-state index contributed by atoms with van der Waals surface area (Å²) in [7, 11) is 0. The molecule has 4 rings (SSSR count). The highest BCUT2D eigenvalue weighted by Gasteiger charge is 2.18. The van der Waals surface area contributed by atoms with Gasteiger partial charge in [0.1, 0.15) is 11.4 Å². The number of nitrogens with one attached hydrogen (secondary N) is 1. The standard InChI is InChI=1S/C26H22N2O4/c1-18(29)27-21-12-14-22(15-13-21)31-24(30)17-16-23-28-25(19-8-4-2-5-9-19)26(32-23)20-10-6-3-7-11-20/h2-15H,16-17H2,1H3,(H,27,29). The molecule has 6 nitrogen and oxygen atoms in total. The Balaban J connectivity index is 1.46. The van der Waals surface area contributed by atoms with E-state index < -0.39 is 5.97 Å². The van der Waals surface area contributed by atoms with Gasteiger partial charge in [-0.1, -0.05) is 60.7 Å². The van der Waals surface area contributed by atoms with Crippen LogP contribution >= 0.6 is 0 Å². The average molecular weight is 426 g/mol. The van der Waals surface area contributed by atoms with Crippen LogP contribution in [0.2, 0.25) is 0 Å². The minimum absolute atomic E-state index is 0.121. The number of ether oxygens (including phenoxy) is 1. The van der Waals surface area contributed by atoms with Crippen LogP contribution in [0.3, 0.4) is 0 Å². The zero-order valence-corrected chi connectivity index (χ0v) is 17.6. The van der Waals surface area contributed by atoms with Gasteiger partial charge in [-0.05, 0) is 24.3 Å². The second-order valence-corrected chi connectivity index (χ2v) is 7.20. The van der Waals surface area contributed by atoms with Crippen LogP contribution in [0.15, 0.2) is 89.3 Å². The largest absolute Gasteiger partial charge is 0.440 e. The molecule has 0 atom stereocenters. The highest BCUT2D eigenvalue weighted by Crippen LogP contribution is 2.32. The van der Waals surface area contributed by atoms with E-state index in [0.717, 1.165) is 16.8 Å². The molecule has 0 aliphatic rings. The van der Waals surface area contributed by atoms with Crippen molar-refractivity contribution in [2.45, 2.75) is 19.8 Å². The number of carbonyl (C=O) groups excluding carboxylic acids is 2. The number of rotatable bonds is 7. The first kappa shape index (κ1) is 21.1. The molecule has 0 radical (unpaired) electrons. The molecule has 0 aliphatic heterocycles. The van der Waals surface area contributed by atoms with Gasteiger partial charge in [-0.3, -0.25) is 9.59 Å². The highest BCUT2D eigenvalue weighted by atomic mass is 16.5. The number of aromatic nitrogens is 1. The molecule has 1 heterocycles. The minimum Gasteiger partial charge on any atom is -0.440 e. The Bertz CT molecular complexity index is 1140. The Hall–Kier alpha value is -4.19. The van der Waals surface area contributed by atoms with Gasteiger partial charge in [-0.15, -0.1) is 0 Å². The molecule has 0 saturated carbocycles. The quantitative estimate of drug-likeness (QED) is 0.311. The molecule has 160 valence electrons. The van der Waals surface area contributed by atoms with Gasteiger partial charge in [-0.25, -0.2) is 4.98 Å². The first-order valence-electron chi connectivity index (χ1n) is 10.3. The van der Waals surface area contributed by atoms with Crippen molar-refractivity contribution in [3.8, 4) is 28.3 Å². The van der Waals surface area contributed by atoms with Crippen LogP contribution in [-0.4, -0.2) is 16.9 Å². The van der Waals surface area contributed by atoms with Crippen LogP contribution in [-0.2, 0) is 16.0 Å². The zero-order valence-electron chi connectivity index (χ0n) is 17.6. The highest BCUT2D eigenvalue weighted by molar-refractivity contribution is 5.88. The first-order chi connectivity index (χ1) is 15.6. The van der Waals surface area contributed by atoms with E-state index >= 15 is 0 Å². The molecule has 0 saturated heterocycles. The summed E-state index contributed by atoms with van der Waals surface area (Å²) >= 11 is 0. The summed E-state index contributed by atoms with van der Waals surface area (Å²) in [5.74, 6) is 1.00. The number of hydrogen-bond acceptors (Lipinski definition) is 5. The molecule has 1 aromatic heterocycles. The molecule has 1 N–H and O–H groups in total.